The SMILES string of the molecule is CC1(C)O[C@H]2O[C@H](COC(c3ccccc3)(c3ccccc3)c3ccccc3)[C@@H](NC(=O)c3ccc([N+](=O)[O-])cc3)[C@H]2O1. The molecule has 2 aliphatic heterocycles. The van der Waals surface area contributed by atoms with Crippen LogP contribution in [0.1, 0.15) is 40.9 Å². The highest BCUT2D eigenvalue weighted by molar-refractivity contribution is 5.94. The van der Waals surface area contributed by atoms with E-state index in [-0.39, 0.29) is 17.9 Å². The Balaban J connectivity index is 1.34. The molecule has 4 aromatic rings. The summed E-state index contributed by atoms with van der Waals surface area (Å²) in [5, 5.41) is 14.1. The van der Waals surface area contributed by atoms with Gasteiger partial charge in [-0.25, -0.2) is 0 Å². The normalized spacial score (nSPS) is 22.6. The molecule has 9 nitrogen and oxygen atoms in total. The first-order valence-corrected chi connectivity index (χ1v) is 14.1. The van der Waals surface area contributed by atoms with Gasteiger partial charge in [0.1, 0.15) is 17.8 Å². The molecule has 0 aliphatic carbocycles. The van der Waals surface area contributed by atoms with Gasteiger partial charge in [-0.2, -0.15) is 0 Å². The van der Waals surface area contributed by atoms with E-state index in [0.717, 1.165) is 16.7 Å². The minimum absolute atomic E-state index is 0.0873. The van der Waals surface area contributed by atoms with E-state index in [0.29, 0.717) is 0 Å². The van der Waals surface area contributed by atoms with Crippen molar-refractivity contribution >= 4 is 11.6 Å². The third kappa shape index (κ3) is 5.68. The Morgan fingerprint density at radius 1 is 0.837 bits per heavy atom. The number of nitro groups is 1. The molecule has 1 amide bonds. The molecule has 0 aromatic heterocycles. The van der Waals surface area contributed by atoms with Gasteiger partial charge in [0.05, 0.1) is 17.6 Å². The second kappa shape index (κ2) is 11.7. The summed E-state index contributed by atoms with van der Waals surface area (Å²) in [5.74, 6) is -1.32. The fourth-order valence-electron chi connectivity index (χ4n) is 5.84. The number of amides is 1. The van der Waals surface area contributed by atoms with Crippen molar-refractivity contribution in [1.82, 2.24) is 5.32 Å². The summed E-state index contributed by atoms with van der Waals surface area (Å²) in [6.07, 6.45) is -1.95. The van der Waals surface area contributed by atoms with E-state index in [1.54, 1.807) is 13.8 Å². The minimum Gasteiger partial charge on any atom is -0.358 e. The van der Waals surface area contributed by atoms with E-state index < -0.39 is 46.8 Å². The number of rotatable bonds is 9. The number of non-ortho nitro benzene ring substituents is 1. The second-order valence-corrected chi connectivity index (χ2v) is 11.0. The van der Waals surface area contributed by atoms with Crippen molar-refractivity contribution in [2.75, 3.05) is 6.61 Å². The fraction of sp³-hybridized carbons (Fsp3) is 0.265. The van der Waals surface area contributed by atoms with Gasteiger partial charge in [-0.15, -0.1) is 0 Å². The summed E-state index contributed by atoms with van der Waals surface area (Å²) < 4.78 is 25.5. The average Bonchev–Trinajstić information content (AvgIpc) is 3.50. The van der Waals surface area contributed by atoms with Gasteiger partial charge in [-0.05, 0) is 42.7 Å². The van der Waals surface area contributed by atoms with Crippen molar-refractivity contribution in [1.29, 1.82) is 0 Å². The van der Waals surface area contributed by atoms with Crippen molar-refractivity contribution in [2.45, 2.75) is 49.8 Å². The van der Waals surface area contributed by atoms with Gasteiger partial charge in [0.2, 0.25) is 0 Å². The lowest BCUT2D eigenvalue weighted by atomic mass is 9.80. The molecule has 9 heteroatoms. The van der Waals surface area contributed by atoms with Crippen LogP contribution >= 0.6 is 0 Å². The van der Waals surface area contributed by atoms with Crippen LogP contribution in [0, 0.1) is 10.1 Å². The first-order chi connectivity index (χ1) is 20.8. The molecule has 0 radical (unpaired) electrons. The van der Waals surface area contributed by atoms with Crippen LogP contribution in [0.5, 0.6) is 0 Å². The largest absolute Gasteiger partial charge is 0.358 e. The van der Waals surface area contributed by atoms with E-state index >= 15 is 0 Å². The highest BCUT2D eigenvalue weighted by atomic mass is 16.8. The lowest BCUT2D eigenvalue weighted by molar-refractivity contribution is -0.384. The molecule has 0 bridgehead atoms. The van der Waals surface area contributed by atoms with Crippen LogP contribution in [0.15, 0.2) is 115 Å². The predicted octanol–water partition coefficient (Wildman–Crippen LogP) is 5.58. The van der Waals surface area contributed by atoms with Gasteiger partial charge < -0.3 is 24.3 Å². The summed E-state index contributed by atoms with van der Waals surface area (Å²) in [4.78, 5) is 24.0. The summed E-state index contributed by atoms with van der Waals surface area (Å²) in [6, 6.07) is 34.8. The number of nitro benzene ring substituents is 1. The third-order valence-corrected chi connectivity index (χ3v) is 7.79. The number of fused-ring (bicyclic) bond motifs is 1. The van der Waals surface area contributed by atoms with Crippen molar-refractivity contribution < 1.29 is 28.7 Å². The number of hydrogen-bond donors (Lipinski definition) is 1. The van der Waals surface area contributed by atoms with Gasteiger partial charge in [-0.3, -0.25) is 14.9 Å². The first-order valence-electron chi connectivity index (χ1n) is 14.1. The molecule has 2 fully saturated rings. The Kier molecular flexibility index (Phi) is 7.81. The maximum atomic E-state index is 13.4. The molecule has 4 aromatic carbocycles. The van der Waals surface area contributed by atoms with Gasteiger partial charge in [0.15, 0.2) is 12.1 Å². The molecule has 6 rings (SSSR count). The van der Waals surface area contributed by atoms with E-state index in [4.69, 9.17) is 18.9 Å². The Labute approximate surface area is 249 Å². The van der Waals surface area contributed by atoms with Crippen LogP contribution < -0.4 is 5.32 Å². The monoisotopic (exact) mass is 580 g/mol. The number of nitrogens with one attached hydrogen (secondary N) is 1. The average molecular weight is 581 g/mol. The number of carbonyl (C=O) groups is 1. The van der Waals surface area contributed by atoms with Gasteiger partial charge in [0.25, 0.3) is 11.6 Å². The van der Waals surface area contributed by atoms with Gasteiger partial charge in [0, 0.05) is 17.7 Å². The summed E-state index contributed by atoms with van der Waals surface area (Å²) >= 11 is 0. The van der Waals surface area contributed by atoms with Crippen LogP contribution in [0.25, 0.3) is 0 Å². The lowest BCUT2D eigenvalue weighted by Crippen LogP contribution is -2.50. The predicted molar refractivity (Wildman–Crippen MR) is 158 cm³/mol. The molecule has 2 saturated heterocycles. The van der Waals surface area contributed by atoms with Gasteiger partial charge in [-0.1, -0.05) is 91.0 Å². The highest BCUT2D eigenvalue weighted by Crippen LogP contribution is 2.43. The number of carbonyl (C=O) groups excluding carboxylic acids is 1. The Morgan fingerprint density at radius 3 is 1.84 bits per heavy atom. The quantitative estimate of drug-likeness (QED) is 0.156. The van der Waals surface area contributed by atoms with Crippen molar-refractivity contribution in [2.24, 2.45) is 0 Å². The summed E-state index contributed by atoms with van der Waals surface area (Å²) in [5.41, 5.74) is 2.00. The molecular weight excluding hydrogens is 548 g/mol. The zero-order valence-electron chi connectivity index (χ0n) is 23.8. The number of hydrogen-bond acceptors (Lipinski definition) is 7. The molecule has 0 saturated carbocycles. The molecule has 0 spiro atoms. The topological polar surface area (TPSA) is 109 Å². The molecule has 1 N–H and O–H groups in total. The summed E-state index contributed by atoms with van der Waals surface area (Å²) in [6.45, 7) is 3.67. The Morgan fingerprint density at radius 2 is 1.35 bits per heavy atom. The molecule has 220 valence electrons. The van der Waals surface area contributed by atoms with E-state index in [1.807, 2.05) is 91.0 Å². The van der Waals surface area contributed by atoms with Crippen LogP contribution in [-0.4, -0.2) is 47.8 Å². The zero-order valence-corrected chi connectivity index (χ0v) is 23.8. The first kappa shape index (κ1) is 28.7. The van der Waals surface area contributed by atoms with E-state index in [1.165, 1.54) is 24.3 Å². The van der Waals surface area contributed by atoms with Crippen LogP contribution in [-0.2, 0) is 24.5 Å². The Bertz CT molecular complexity index is 1470. The number of benzene rings is 4. The maximum absolute atomic E-state index is 13.4. The third-order valence-electron chi connectivity index (χ3n) is 7.79. The molecule has 0 unspecified atom stereocenters. The minimum atomic E-state index is -0.987. The molecule has 4 atom stereocenters. The van der Waals surface area contributed by atoms with Crippen molar-refractivity contribution in [3.8, 4) is 0 Å². The lowest BCUT2D eigenvalue weighted by Gasteiger charge is -2.37. The van der Waals surface area contributed by atoms with E-state index in [2.05, 4.69) is 5.32 Å². The second-order valence-electron chi connectivity index (χ2n) is 11.0. The van der Waals surface area contributed by atoms with Gasteiger partial charge >= 0.3 is 0 Å². The Hall–Kier alpha value is -4.41. The zero-order chi connectivity index (χ0) is 30.0. The van der Waals surface area contributed by atoms with Crippen LogP contribution in [0.4, 0.5) is 5.69 Å². The van der Waals surface area contributed by atoms with Crippen molar-refractivity contribution in [3.63, 3.8) is 0 Å². The standard InChI is InChI=1S/C34H32N2O7/c1-33(2)42-30-29(35-31(37)23-18-20-27(21-19-23)36(38)39)28(41-32(30)43-33)22-40-34(24-12-6-3-7-13-24,25-14-8-4-9-15-25)26-16-10-5-11-17-26/h3-21,28-30,32H,22H2,1-2H3,(H,35,37)/t28-,29-,30-,32-/m1/s1. The number of ether oxygens (including phenoxy) is 4. The fourth-order valence-corrected chi connectivity index (χ4v) is 5.84. The molecular formula is C34H32N2O7. The highest BCUT2D eigenvalue weighted by Gasteiger charge is 2.56. The molecule has 2 heterocycles. The number of nitrogens with zero attached hydrogens (tertiary/aromatic N) is 1. The van der Waals surface area contributed by atoms with Crippen molar-refractivity contribution in [3.05, 3.63) is 148 Å². The van der Waals surface area contributed by atoms with Crippen LogP contribution in [0.3, 0.4) is 0 Å². The van der Waals surface area contributed by atoms with Crippen LogP contribution in [0.2, 0.25) is 0 Å². The van der Waals surface area contributed by atoms with E-state index in [9.17, 15) is 14.9 Å². The molecule has 2 aliphatic rings. The summed E-state index contributed by atoms with van der Waals surface area (Å²) in [7, 11) is 0. The molecule has 43 heavy (non-hydrogen) atoms. The maximum Gasteiger partial charge on any atom is 0.269 e. The smallest absolute Gasteiger partial charge is 0.269 e.